The fourth-order valence-corrected chi connectivity index (χ4v) is 3.77. The summed E-state index contributed by atoms with van der Waals surface area (Å²) in [6.07, 6.45) is 0.887. The van der Waals surface area contributed by atoms with Crippen molar-refractivity contribution in [3.05, 3.63) is 88.9 Å². The Hall–Kier alpha value is -2.78. The van der Waals surface area contributed by atoms with Crippen molar-refractivity contribution in [1.29, 1.82) is 0 Å². The van der Waals surface area contributed by atoms with Crippen molar-refractivity contribution in [3.8, 4) is 16.9 Å². The number of ether oxygens (including phenoxy) is 1. The van der Waals surface area contributed by atoms with Crippen LogP contribution in [0.1, 0.15) is 18.1 Å². The van der Waals surface area contributed by atoms with E-state index in [1.165, 1.54) is 5.56 Å². The van der Waals surface area contributed by atoms with Crippen LogP contribution in [0.3, 0.4) is 0 Å². The van der Waals surface area contributed by atoms with Gasteiger partial charge < -0.3 is 9.57 Å². The molecule has 0 bridgehead atoms. The number of rotatable bonds is 5. The van der Waals surface area contributed by atoms with Gasteiger partial charge in [-0.15, -0.1) is 0 Å². The van der Waals surface area contributed by atoms with Crippen molar-refractivity contribution in [2.45, 2.75) is 19.4 Å². The Balaban J connectivity index is 1.59. The van der Waals surface area contributed by atoms with E-state index < -0.39 is 0 Å². The first-order valence-electron chi connectivity index (χ1n) is 9.37. The predicted molar refractivity (Wildman–Crippen MR) is 114 cm³/mol. The molecule has 0 amide bonds. The maximum atomic E-state index is 6.21. The number of hydrogen-bond acceptors (Lipinski definition) is 3. The van der Waals surface area contributed by atoms with Crippen LogP contribution in [-0.2, 0) is 11.3 Å². The molecule has 0 saturated carbocycles. The van der Waals surface area contributed by atoms with E-state index in [4.69, 9.17) is 21.2 Å². The number of methoxy groups -OCH3 is 1. The van der Waals surface area contributed by atoms with Crippen molar-refractivity contribution in [2.24, 2.45) is 11.1 Å². The predicted octanol–water partition coefficient (Wildman–Crippen LogP) is 6.00. The molecule has 3 aromatic carbocycles. The quantitative estimate of drug-likeness (QED) is 0.534. The zero-order valence-corrected chi connectivity index (χ0v) is 16.7. The Morgan fingerprint density at radius 2 is 1.75 bits per heavy atom. The summed E-state index contributed by atoms with van der Waals surface area (Å²) in [4.78, 5) is 5.79. The summed E-state index contributed by atoms with van der Waals surface area (Å²) >= 11 is 6.21. The Bertz CT molecular complexity index is 1000. The molecule has 0 N–H and O–H groups in total. The SMILES string of the molecule is COc1ccc(Cl)cc1-c1cccc(C2=NOC(Cc3ccccc3)C2C)c1. The lowest BCUT2D eigenvalue weighted by Crippen LogP contribution is -2.23. The molecule has 4 rings (SSSR count). The van der Waals surface area contributed by atoms with Gasteiger partial charge in [0.1, 0.15) is 11.9 Å². The number of halogens is 1. The van der Waals surface area contributed by atoms with Gasteiger partial charge in [0.05, 0.1) is 12.8 Å². The molecule has 0 fully saturated rings. The van der Waals surface area contributed by atoms with E-state index in [0.29, 0.717) is 5.02 Å². The Labute approximate surface area is 170 Å². The molecule has 1 aliphatic rings. The molecule has 3 nitrogen and oxygen atoms in total. The number of hydrogen-bond donors (Lipinski definition) is 0. The summed E-state index contributed by atoms with van der Waals surface area (Å²) < 4.78 is 5.51. The van der Waals surface area contributed by atoms with Crippen molar-refractivity contribution >= 4 is 17.3 Å². The molecule has 0 aromatic heterocycles. The summed E-state index contributed by atoms with van der Waals surface area (Å²) in [5.41, 5.74) is 5.29. The van der Waals surface area contributed by atoms with Crippen LogP contribution >= 0.6 is 11.6 Å². The molecular formula is C24H22ClNO2. The Morgan fingerprint density at radius 3 is 2.54 bits per heavy atom. The van der Waals surface area contributed by atoms with Crippen molar-refractivity contribution in [1.82, 2.24) is 0 Å². The first-order chi connectivity index (χ1) is 13.7. The summed E-state index contributed by atoms with van der Waals surface area (Å²) in [6.45, 7) is 2.17. The average Bonchev–Trinajstić information content (AvgIpc) is 3.09. The van der Waals surface area contributed by atoms with Crippen LogP contribution in [0.25, 0.3) is 11.1 Å². The van der Waals surface area contributed by atoms with Gasteiger partial charge in [-0.05, 0) is 35.4 Å². The van der Waals surface area contributed by atoms with E-state index in [0.717, 1.165) is 34.6 Å². The third kappa shape index (κ3) is 3.76. The van der Waals surface area contributed by atoms with E-state index in [1.807, 2.05) is 30.3 Å². The van der Waals surface area contributed by atoms with Crippen LogP contribution in [0.2, 0.25) is 5.02 Å². The topological polar surface area (TPSA) is 30.8 Å². The molecule has 0 aliphatic carbocycles. The van der Waals surface area contributed by atoms with Gasteiger partial charge in [-0.3, -0.25) is 0 Å². The van der Waals surface area contributed by atoms with Crippen LogP contribution in [0.5, 0.6) is 5.75 Å². The second-order valence-electron chi connectivity index (χ2n) is 7.02. The maximum Gasteiger partial charge on any atom is 0.139 e. The van der Waals surface area contributed by atoms with E-state index >= 15 is 0 Å². The largest absolute Gasteiger partial charge is 0.496 e. The highest BCUT2D eigenvalue weighted by molar-refractivity contribution is 6.31. The lowest BCUT2D eigenvalue weighted by molar-refractivity contribution is 0.0660. The molecule has 0 radical (unpaired) electrons. The van der Waals surface area contributed by atoms with Crippen LogP contribution in [0.4, 0.5) is 0 Å². The number of nitrogens with zero attached hydrogens (tertiary/aromatic N) is 1. The van der Waals surface area contributed by atoms with Crippen molar-refractivity contribution in [3.63, 3.8) is 0 Å². The zero-order valence-electron chi connectivity index (χ0n) is 15.9. The van der Waals surface area contributed by atoms with E-state index in [9.17, 15) is 0 Å². The summed E-state index contributed by atoms with van der Waals surface area (Å²) in [5, 5.41) is 5.10. The van der Waals surface area contributed by atoms with E-state index in [-0.39, 0.29) is 12.0 Å². The smallest absolute Gasteiger partial charge is 0.139 e. The summed E-state index contributed by atoms with van der Waals surface area (Å²) in [5.74, 6) is 0.998. The van der Waals surface area contributed by atoms with Gasteiger partial charge in [0.25, 0.3) is 0 Å². The second kappa shape index (κ2) is 8.07. The minimum absolute atomic E-state index is 0.0433. The maximum absolute atomic E-state index is 6.21. The van der Waals surface area contributed by atoms with Crippen LogP contribution in [0.15, 0.2) is 78.0 Å². The third-order valence-corrected chi connectivity index (χ3v) is 5.42. The average molecular weight is 392 g/mol. The Morgan fingerprint density at radius 1 is 0.964 bits per heavy atom. The normalized spacial score (nSPS) is 18.5. The minimum atomic E-state index is 0.0433. The van der Waals surface area contributed by atoms with Gasteiger partial charge in [-0.1, -0.05) is 72.2 Å². The van der Waals surface area contributed by atoms with Crippen LogP contribution in [-0.4, -0.2) is 18.9 Å². The molecule has 0 saturated heterocycles. The highest BCUT2D eigenvalue weighted by Crippen LogP contribution is 2.34. The molecule has 2 atom stereocenters. The number of benzene rings is 3. The van der Waals surface area contributed by atoms with Gasteiger partial charge in [-0.2, -0.15) is 0 Å². The molecule has 1 heterocycles. The van der Waals surface area contributed by atoms with Crippen LogP contribution < -0.4 is 4.74 Å². The van der Waals surface area contributed by atoms with Gasteiger partial charge in [-0.25, -0.2) is 0 Å². The number of oxime groups is 1. The van der Waals surface area contributed by atoms with Crippen molar-refractivity contribution in [2.75, 3.05) is 7.11 Å². The minimum Gasteiger partial charge on any atom is -0.496 e. The fraction of sp³-hybridized carbons (Fsp3) is 0.208. The van der Waals surface area contributed by atoms with Crippen LogP contribution in [0, 0.1) is 5.92 Å². The molecule has 142 valence electrons. The second-order valence-corrected chi connectivity index (χ2v) is 7.46. The Kier molecular flexibility index (Phi) is 5.36. The van der Waals surface area contributed by atoms with E-state index in [1.54, 1.807) is 7.11 Å². The van der Waals surface area contributed by atoms with Gasteiger partial charge in [0.15, 0.2) is 0 Å². The highest BCUT2D eigenvalue weighted by atomic mass is 35.5. The molecule has 28 heavy (non-hydrogen) atoms. The standard InChI is InChI=1S/C24H22ClNO2/c1-16-23(13-17-7-4-3-5-8-17)28-26-24(16)19-10-6-9-18(14-19)21-15-20(25)11-12-22(21)27-2/h3-12,14-16,23H,13H2,1-2H3. The first-order valence-corrected chi connectivity index (χ1v) is 9.75. The summed E-state index contributed by atoms with van der Waals surface area (Å²) in [7, 11) is 1.67. The highest BCUT2D eigenvalue weighted by Gasteiger charge is 2.31. The van der Waals surface area contributed by atoms with E-state index in [2.05, 4.69) is 54.5 Å². The molecule has 3 aromatic rings. The first kappa shape index (κ1) is 18.6. The zero-order chi connectivity index (χ0) is 19.5. The van der Waals surface area contributed by atoms with Gasteiger partial charge in [0.2, 0.25) is 0 Å². The van der Waals surface area contributed by atoms with Crippen molar-refractivity contribution < 1.29 is 9.57 Å². The lowest BCUT2D eigenvalue weighted by atomic mass is 9.89. The molecule has 0 spiro atoms. The molecular weight excluding hydrogens is 370 g/mol. The molecule has 1 aliphatic heterocycles. The molecule has 2 unspecified atom stereocenters. The van der Waals surface area contributed by atoms with Gasteiger partial charge >= 0.3 is 0 Å². The fourth-order valence-electron chi connectivity index (χ4n) is 3.60. The monoisotopic (exact) mass is 391 g/mol. The van der Waals surface area contributed by atoms with Gasteiger partial charge in [0, 0.05) is 28.5 Å². The lowest BCUT2D eigenvalue weighted by Gasteiger charge is -2.15. The third-order valence-electron chi connectivity index (χ3n) is 5.19. The summed E-state index contributed by atoms with van der Waals surface area (Å²) in [6, 6.07) is 24.3. The molecule has 4 heteroatoms.